The summed E-state index contributed by atoms with van der Waals surface area (Å²) >= 11 is 5.77. The van der Waals surface area contributed by atoms with Crippen molar-refractivity contribution in [3.05, 3.63) is 28.8 Å². The van der Waals surface area contributed by atoms with E-state index in [1.807, 2.05) is 0 Å². The van der Waals surface area contributed by atoms with Crippen LogP contribution in [0.15, 0.2) is 18.2 Å². The lowest BCUT2D eigenvalue weighted by Gasteiger charge is -2.22. The fraction of sp³-hybridized carbons (Fsp3) is 0.385. The van der Waals surface area contributed by atoms with Gasteiger partial charge in [0.05, 0.1) is 16.6 Å². The predicted molar refractivity (Wildman–Crippen MR) is 72.7 cm³/mol. The highest BCUT2D eigenvalue weighted by Crippen LogP contribution is 2.21. The zero-order valence-corrected chi connectivity index (χ0v) is 11.0. The van der Waals surface area contributed by atoms with Crippen LogP contribution in [0.5, 0.6) is 0 Å². The van der Waals surface area contributed by atoms with Gasteiger partial charge in [-0.3, -0.25) is 4.79 Å². The summed E-state index contributed by atoms with van der Waals surface area (Å²) < 4.78 is 0. The topological polar surface area (TPSA) is 78.4 Å². The van der Waals surface area contributed by atoms with Gasteiger partial charge in [-0.1, -0.05) is 18.0 Å². The molecule has 0 bridgehead atoms. The van der Waals surface area contributed by atoms with Crippen LogP contribution in [0, 0.1) is 0 Å². The number of benzene rings is 1. The van der Waals surface area contributed by atoms with Crippen molar-refractivity contribution in [1.29, 1.82) is 0 Å². The lowest BCUT2D eigenvalue weighted by molar-refractivity contribution is -0.118. The number of carbonyl (C=O) groups excluding carboxylic acids is 1. The molecular formula is C13H15ClN2O3. The van der Waals surface area contributed by atoms with Gasteiger partial charge < -0.3 is 15.7 Å². The molecule has 6 heteroatoms. The molecule has 102 valence electrons. The second-order valence-corrected chi connectivity index (χ2v) is 4.90. The SMILES string of the molecule is O=C(O)c1cc(NC(=O)[C@@H]2CCCCN2)ccc1Cl. The molecule has 1 aliphatic heterocycles. The van der Waals surface area contributed by atoms with Crippen molar-refractivity contribution in [2.45, 2.75) is 25.3 Å². The maximum atomic E-state index is 12.0. The summed E-state index contributed by atoms with van der Waals surface area (Å²) in [5.74, 6) is -1.25. The van der Waals surface area contributed by atoms with Gasteiger partial charge >= 0.3 is 5.97 Å². The number of piperidine rings is 1. The van der Waals surface area contributed by atoms with Gasteiger partial charge in [-0.05, 0) is 37.6 Å². The minimum Gasteiger partial charge on any atom is -0.478 e. The minimum atomic E-state index is -1.11. The van der Waals surface area contributed by atoms with Gasteiger partial charge in [-0.2, -0.15) is 0 Å². The van der Waals surface area contributed by atoms with Crippen molar-refractivity contribution in [2.24, 2.45) is 0 Å². The zero-order valence-electron chi connectivity index (χ0n) is 10.3. The number of amides is 1. The number of anilines is 1. The Morgan fingerprint density at radius 1 is 1.37 bits per heavy atom. The second kappa shape index (κ2) is 6.04. The molecular weight excluding hydrogens is 268 g/mol. The molecule has 0 spiro atoms. The standard InChI is InChI=1S/C13H15ClN2O3/c14-10-5-4-8(7-9(10)13(18)19)16-12(17)11-3-1-2-6-15-11/h4-5,7,11,15H,1-3,6H2,(H,16,17)(H,18,19)/t11-/m0/s1. The largest absolute Gasteiger partial charge is 0.478 e. The van der Waals surface area contributed by atoms with Gasteiger partial charge in [-0.15, -0.1) is 0 Å². The number of carboxylic acids is 1. The van der Waals surface area contributed by atoms with Crippen molar-refractivity contribution in [1.82, 2.24) is 5.32 Å². The van der Waals surface area contributed by atoms with E-state index in [1.165, 1.54) is 12.1 Å². The molecule has 1 aromatic carbocycles. The van der Waals surface area contributed by atoms with Crippen LogP contribution in [-0.2, 0) is 4.79 Å². The Morgan fingerprint density at radius 3 is 2.79 bits per heavy atom. The van der Waals surface area contributed by atoms with E-state index in [4.69, 9.17) is 16.7 Å². The molecule has 0 unspecified atom stereocenters. The minimum absolute atomic E-state index is 0.0175. The van der Waals surface area contributed by atoms with E-state index >= 15 is 0 Å². The molecule has 0 radical (unpaired) electrons. The summed E-state index contributed by atoms with van der Waals surface area (Å²) in [7, 11) is 0. The number of hydrogen-bond donors (Lipinski definition) is 3. The summed E-state index contributed by atoms with van der Waals surface area (Å²) in [5, 5.41) is 15.0. The van der Waals surface area contributed by atoms with E-state index in [2.05, 4.69) is 10.6 Å². The first-order chi connectivity index (χ1) is 9.08. The molecule has 1 fully saturated rings. The highest BCUT2D eigenvalue weighted by atomic mass is 35.5. The second-order valence-electron chi connectivity index (χ2n) is 4.49. The number of carbonyl (C=O) groups is 2. The Balaban J connectivity index is 2.08. The molecule has 3 N–H and O–H groups in total. The molecule has 0 aliphatic carbocycles. The highest BCUT2D eigenvalue weighted by Gasteiger charge is 2.20. The molecule has 1 heterocycles. The lowest BCUT2D eigenvalue weighted by Crippen LogP contribution is -2.43. The summed E-state index contributed by atoms with van der Waals surface area (Å²) in [4.78, 5) is 22.9. The maximum absolute atomic E-state index is 12.0. The summed E-state index contributed by atoms with van der Waals surface area (Å²) in [6.45, 7) is 0.832. The Labute approximate surface area is 116 Å². The Bertz CT molecular complexity index is 499. The third-order valence-electron chi connectivity index (χ3n) is 3.09. The van der Waals surface area contributed by atoms with Gasteiger partial charge in [0.15, 0.2) is 0 Å². The lowest BCUT2D eigenvalue weighted by atomic mass is 10.0. The summed E-state index contributed by atoms with van der Waals surface area (Å²) in [5.41, 5.74) is 0.426. The number of carboxylic acid groups (broad SMARTS) is 1. The fourth-order valence-corrected chi connectivity index (χ4v) is 2.27. The first-order valence-corrected chi connectivity index (χ1v) is 6.53. The van der Waals surface area contributed by atoms with Crippen LogP contribution >= 0.6 is 11.6 Å². The maximum Gasteiger partial charge on any atom is 0.337 e. The predicted octanol–water partition coefficient (Wildman–Crippen LogP) is 2.12. The van der Waals surface area contributed by atoms with Gasteiger partial charge in [0.1, 0.15) is 0 Å². The number of nitrogens with one attached hydrogen (secondary N) is 2. The molecule has 5 nitrogen and oxygen atoms in total. The van der Waals surface area contributed by atoms with Crippen LogP contribution in [0.25, 0.3) is 0 Å². The molecule has 1 aliphatic rings. The summed E-state index contributed by atoms with van der Waals surface area (Å²) in [6, 6.07) is 4.22. The first kappa shape index (κ1) is 13.8. The molecule has 0 saturated carbocycles. The van der Waals surface area contributed by atoms with Crippen molar-refractivity contribution < 1.29 is 14.7 Å². The van der Waals surface area contributed by atoms with E-state index in [-0.39, 0.29) is 22.5 Å². The van der Waals surface area contributed by atoms with Gasteiger partial charge in [0, 0.05) is 5.69 Å². The van der Waals surface area contributed by atoms with E-state index < -0.39 is 5.97 Å². The number of aromatic carboxylic acids is 1. The molecule has 1 aromatic rings. The van der Waals surface area contributed by atoms with Crippen LogP contribution in [0.3, 0.4) is 0 Å². The quantitative estimate of drug-likeness (QED) is 0.793. The zero-order chi connectivity index (χ0) is 13.8. The van der Waals surface area contributed by atoms with Gasteiger partial charge in [-0.25, -0.2) is 4.79 Å². The molecule has 19 heavy (non-hydrogen) atoms. The Hall–Kier alpha value is -1.59. The van der Waals surface area contributed by atoms with E-state index in [9.17, 15) is 9.59 Å². The molecule has 2 rings (SSSR count). The fourth-order valence-electron chi connectivity index (χ4n) is 2.07. The van der Waals surface area contributed by atoms with Gasteiger partial charge in [0.2, 0.25) is 5.91 Å². The van der Waals surface area contributed by atoms with Crippen LogP contribution in [0.1, 0.15) is 29.6 Å². The van der Waals surface area contributed by atoms with Crippen LogP contribution in [0.2, 0.25) is 5.02 Å². The monoisotopic (exact) mass is 282 g/mol. The average Bonchev–Trinajstić information content (AvgIpc) is 2.41. The van der Waals surface area contributed by atoms with E-state index in [0.29, 0.717) is 5.69 Å². The smallest absolute Gasteiger partial charge is 0.337 e. The van der Waals surface area contributed by atoms with Crippen LogP contribution < -0.4 is 10.6 Å². The summed E-state index contributed by atoms with van der Waals surface area (Å²) in [6.07, 6.45) is 2.89. The number of halogens is 1. The van der Waals surface area contributed by atoms with Crippen molar-refractivity contribution in [3.8, 4) is 0 Å². The van der Waals surface area contributed by atoms with Crippen molar-refractivity contribution in [2.75, 3.05) is 11.9 Å². The molecule has 1 atom stereocenters. The third kappa shape index (κ3) is 3.45. The Kier molecular flexibility index (Phi) is 4.39. The average molecular weight is 283 g/mol. The molecule has 1 saturated heterocycles. The van der Waals surface area contributed by atoms with E-state index in [0.717, 1.165) is 25.8 Å². The van der Waals surface area contributed by atoms with E-state index in [1.54, 1.807) is 6.07 Å². The first-order valence-electron chi connectivity index (χ1n) is 6.15. The van der Waals surface area contributed by atoms with Crippen molar-refractivity contribution in [3.63, 3.8) is 0 Å². The van der Waals surface area contributed by atoms with Crippen LogP contribution in [-0.4, -0.2) is 29.6 Å². The number of hydrogen-bond acceptors (Lipinski definition) is 3. The Morgan fingerprint density at radius 2 is 2.16 bits per heavy atom. The third-order valence-corrected chi connectivity index (χ3v) is 3.42. The highest BCUT2D eigenvalue weighted by molar-refractivity contribution is 6.33. The molecule has 1 amide bonds. The number of rotatable bonds is 3. The molecule has 0 aromatic heterocycles. The normalized spacial score (nSPS) is 18.9. The van der Waals surface area contributed by atoms with Crippen LogP contribution in [0.4, 0.5) is 5.69 Å². The van der Waals surface area contributed by atoms with Gasteiger partial charge in [0.25, 0.3) is 0 Å². The van der Waals surface area contributed by atoms with Crippen molar-refractivity contribution >= 4 is 29.2 Å².